The minimum atomic E-state index is 0.866. The van der Waals surface area contributed by atoms with Gasteiger partial charge >= 0.3 is 0 Å². The third-order valence-electron chi connectivity index (χ3n) is 2.40. The van der Waals surface area contributed by atoms with Crippen LogP contribution < -0.4 is 5.32 Å². The lowest BCUT2D eigenvalue weighted by Gasteiger charge is -2.26. The third kappa shape index (κ3) is 3.01. The predicted molar refractivity (Wildman–Crippen MR) is 67.0 cm³/mol. The van der Waals surface area contributed by atoms with E-state index in [1.165, 1.54) is 30.8 Å². The van der Waals surface area contributed by atoms with Crippen molar-refractivity contribution in [3.05, 3.63) is 34.3 Å². The average molecular weight is 272 g/mol. The van der Waals surface area contributed by atoms with Crippen molar-refractivity contribution >= 4 is 27.7 Å². The minimum Gasteiger partial charge on any atom is -0.314 e. The molecule has 1 fully saturated rings. The first-order valence-electron chi connectivity index (χ1n) is 4.91. The molecule has 0 amide bonds. The smallest absolute Gasteiger partial charge is 0.0297 e. The van der Waals surface area contributed by atoms with Crippen LogP contribution >= 0.6 is 27.7 Å². The predicted octanol–water partition coefficient (Wildman–Crippen LogP) is 2.70. The normalized spacial score (nSPS) is 16.6. The summed E-state index contributed by atoms with van der Waals surface area (Å²) in [6.07, 6.45) is 1.19. The van der Waals surface area contributed by atoms with Crippen LogP contribution in [-0.4, -0.2) is 24.1 Å². The molecule has 0 bridgehead atoms. The van der Waals surface area contributed by atoms with Crippen molar-refractivity contribution in [3.63, 3.8) is 0 Å². The van der Waals surface area contributed by atoms with Gasteiger partial charge in [-0.25, -0.2) is 0 Å². The van der Waals surface area contributed by atoms with Crippen LogP contribution in [0.1, 0.15) is 5.56 Å². The summed E-state index contributed by atoms with van der Waals surface area (Å²) < 4.78 is 1.16. The SMILES string of the molecule is Brc1ccc(CCSC2CNC2)cc1. The van der Waals surface area contributed by atoms with Gasteiger partial charge in [-0.15, -0.1) is 0 Å². The lowest BCUT2D eigenvalue weighted by atomic mass is 10.2. The fraction of sp³-hybridized carbons (Fsp3) is 0.455. The van der Waals surface area contributed by atoms with Crippen molar-refractivity contribution in [1.82, 2.24) is 5.32 Å². The Hall–Kier alpha value is 0.01000. The zero-order chi connectivity index (χ0) is 9.80. The highest BCUT2D eigenvalue weighted by molar-refractivity contribution is 9.10. The summed E-state index contributed by atoms with van der Waals surface area (Å²) in [5.74, 6) is 1.24. The van der Waals surface area contributed by atoms with Crippen LogP contribution in [0, 0.1) is 0 Å². The lowest BCUT2D eigenvalue weighted by Crippen LogP contribution is -2.44. The maximum absolute atomic E-state index is 3.44. The van der Waals surface area contributed by atoms with E-state index in [0.29, 0.717) is 0 Å². The molecule has 1 aromatic carbocycles. The molecule has 14 heavy (non-hydrogen) atoms. The monoisotopic (exact) mass is 271 g/mol. The molecular formula is C11H14BrNS. The van der Waals surface area contributed by atoms with Gasteiger partial charge < -0.3 is 5.32 Å². The van der Waals surface area contributed by atoms with Gasteiger partial charge in [0.1, 0.15) is 0 Å². The van der Waals surface area contributed by atoms with E-state index in [1.54, 1.807) is 0 Å². The minimum absolute atomic E-state index is 0.866. The molecule has 1 aliphatic rings. The van der Waals surface area contributed by atoms with Crippen molar-refractivity contribution < 1.29 is 0 Å². The van der Waals surface area contributed by atoms with Crippen molar-refractivity contribution in [2.45, 2.75) is 11.7 Å². The first-order valence-corrected chi connectivity index (χ1v) is 6.75. The Kier molecular flexibility index (Phi) is 3.90. The van der Waals surface area contributed by atoms with Crippen molar-refractivity contribution in [2.75, 3.05) is 18.8 Å². The highest BCUT2D eigenvalue weighted by Crippen LogP contribution is 2.17. The molecule has 1 aliphatic heterocycles. The maximum atomic E-state index is 3.44. The van der Waals surface area contributed by atoms with Crippen molar-refractivity contribution in [3.8, 4) is 0 Å². The molecule has 2 rings (SSSR count). The molecule has 0 spiro atoms. The second-order valence-electron chi connectivity index (χ2n) is 3.53. The van der Waals surface area contributed by atoms with E-state index in [-0.39, 0.29) is 0 Å². The van der Waals surface area contributed by atoms with Gasteiger partial charge in [-0.3, -0.25) is 0 Å². The molecule has 1 N–H and O–H groups in total. The molecule has 1 aromatic rings. The van der Waals surface area contributed by atoms with Gasteiger partial charge in [0.25, 0.3) is 0 Å². The van der Waals surface area contributed by atoms with Crippen LogP contribution in [0.2, 0.25) is 0 Å². The maximum Gasteiger partial charge on any atom is 0.0297 e. The van der Waals surface area contributed by atoms with Crippen LogP contribution in [0.4, 0.5) is 0 Å². The van der Waals surface area contributed by atoms with E-state index in [4.69, 9.17) is 0 Å². The fourth-order valence-electron chi connectivity index (χ4n) is 1.37. The summed E-state index contributed by atoms with van der Waals surface area (Å²) in [5.41, 5.74) is 1.44. The topological polar surface area (TPSA) is 12.0 Å². The number of hydrogen-bond acceptors (Lipinski definition) is 2. The Morgan fingerprint density at radius 2 is 2.00 bits per heavy atom. The fourth-order valence-corrected chi connectivity index (χ4v) is 2.80. The Bertz CT molecular complexity index is 282. The van der Waals surface area contributed by atoms with Gasteiger partial charge in [-0.05, 0) is 29.9 Å². The summed E-state index contributed by atoms with van der Waals surface area (Å²) in [5, 5.41) is 4.16. The molecule has 3 heteroatoms. The molecule has 0 radical (unpaired) electrons. The molecule has 0 atom stereocenters. The standard InChI is InChI=1S/C11H14BrNS/c12-10-3-1-9(2-4-10)5-6-14-11-7-13-8-11/h1-4,11,13H,5-8H2. The molecule has 1 heterocycles. The Morgan fingerprint density at radius 1 is 1.29 bits per heavy atom. The molecular weight excluding hydrogens is 258 g/mol. The summed E-state index contributed by atoms with van der Waals surface area (Å²) in [6.45, 7) is 2.40. The number of thioether (sulfide) groups is 1. The molecule has 0 aromatic heterocycles. The van der Waals surface area contributed by atoms with Gasteiger partial charge in [0.15, 0.2) is 0 Å². The van der Waals surface area contributed by atoms with Crippen LogP contribution in [0.25, 0.3) is 0 Å². The highest BCUT2D eigenvalue weighted by Gasteiger charge is 2.15. The molecule has 1 nitrogen and oxygen atoms in total. The zero-order valence-corrected chi connectivity index (χ0v) is 10.4. The quantitative estimate of drug-likeness (QED) is 0.904. The molecule has 0 saturated carbocycles. The molecule has 76 valence electrons. The molecule has 0 aliphatic carbocycles. The van der Waals surface area contributed by atoms with Crippen LogP contribution in [0.15, 0.2) is 28.7 Å². The number of nitrogens with one attached hydrogen (secondary N) is 1. The van der Waals surface area contributed by atoms with E-state index in [2.05, 4.69) is 57.3 Å². The number of rotatable bonds is 4. The van der Waals surface area contributed by atoms with E-state index in [1.807, 2.05) is 0 Å². The lowest BCUT2D eigenvalue weighted by molar-refractivity contribution is 0.543. The number of halogens is 1. The first-order chi connectivity index (χ1) is 6.84. The van der Waals surface area contributed by atoms with E-state index < -0.39 is 0 Å². The Labute approximate surface area is 97.8 Å². The van der Waals surface area contributed by atoms with Crippen molar-refractivity contribution in [1.29, 1.82) is 0 Å². The zero-order valence-electron chi connectivity index (χ0n) is 8.00. The first kappa shape index (κ1) is 10.5. The highest BCUT2D eigenvalue weighted by atomic mass is 79.9. The van der Waals surface area contributed by atoms with Crippen molar-refractivity contribution in [2.24, 2.45) is 0 Å². The van der Waals surface area contributed by atoms with E-state index in [9.17, 15) is 0 Å². The Morgan fingerprint density at radius 3 is 2.57 bits per heavy atom. The van der Waals surface area contributed by atoms with Gasteiger partial charge in [-0.2, -0.15) is 11.8 Å². The van der Waals surface area contributed by atoms with Gasteiger partial charge in [-0.1, -0.05) is 28.1 Å². The second kappa shape index (κ2) is 5.19. The van der Waals surface area contributed by atoms with Crippen LogP contribution in [0.5, 0.6) is 0 Å². The number of aryl methyl sites for hydroxylation is 1. The Balaban J connectivity index is 1.71. The number of hydrogen-bond donors (Lipinski definition) is 1. The third-order valence-corrected chi connectivity index (χ3v) is 4.17. The largest absolute Gasteiger partial charge is 0.314 e. The second-order valence-corrected chi connectivity index (χ2v) is 5.85. The van der Waals surface area contributed by atoms with Crippen LogP contribution in [0.3, 0.4) is 0 Å². The summed E-state index contributed by atoms with van der Waals surface area (Å²) in [4.78, 5) is 0. The molecule has 1 saturated heterocycles. The average Bonchev–Trinajstić information content (AvgIpc) is 2.12. The molecule has 0 unspecified atom stereocenters. The number of benzene rings is 1. The summed E-state index contributed by atoms with van der Waals surface area (Å²) in [6, 6.07) is 8.63. The van der Waals surface area contributed by atoms with Gasteiger partial charge in [0.05, 0.1) is 0 Å². The van der Waals surface area contributed by atoms with E-state index in [0.717, 1.165) is 9.72 Å². The summed E-state index contributed by atoms with van der Waals surface area (Å²) >= 11 is 5.53. The van der Waals surface area contributed by atoms with E-state index >= 15 is 0 Å². The van der Waals surface area contributed by atoms with Crippen LogP contribution in [-0.2, 0) is 6.42 Å². The van der Waals surface area contributed by atoms with Gasteiger partial charge in [0, 0.05) is 22.8 Å². The van der Waals surface area contributed by atoms with Gasteiger partial charge in [0.2, 0.25) is 0 Å². The summed E-state index contributed by atoms with van der Waals surface area (Å²) in [7, 11) is 0.